The van der Waals surface area contributed by atoms with Gasteiger partial charge in [-0.3, -0.25) is 4.90 Å². The highest BCUT2D eigenvalue weighted by Crippen LogP contribution is 2.28. The van der Waals surface area contributed by atoms with Crippen LogP contribution < -0.4 is 9.64 Å². The first-order valence-electron chi connectivity index (χ1n) is 8.21. The highest BCUT2D eigenvalue weighted by Gasteiger charge is 2.21. The third-order valence-electron chi connectivity index (χ3n) is 4.48. The molecule has 1 aliphatic heterocycles. The minimum absolute atomic E-state index is 0.281. The number of nitrogens with zero attached hydrogens (tertiary/aromatic N) is 2. The number of piperazine rings is 1. The second-order valence-electron chi connectivity index (χ2n) is 6.03. The summed E-state index contributed by atoms with van der Waals surface area (Å²) in [6, 6.07) is 14.1. The Labute approximate surface area is 142 Å². The zero-order valence-corrected chi connectivity index (χ0v) is 13.9. The van der Waals surface area contributed by atoms with Gasteiger partial charge in [0.2, 0.25) is 0 Å². The summed E-state index contributed by atoms with van der Waals surface area (Å²) in [6.07, 6.45) is -0.594. The number of methoxy groups -OCH3 is 1. The Bertz CT molecular complexity index is 655. The van der Waals surface area contributed by atoms with Crippen LogP contribution in [-0.2, 0) is 0 Å². The fraction of sp³-hybridized carbons (Fsp3) is 0.368. The predicted octanol–water partition coefficient (Wildman–Crippen LogP) is 2.69. The van der Waals surface area contributed by atoms with Gasteiger partial charge in [-0.25, -0.2) is 4.39 Å². The smallest absolute Gasteiger partial charge is 0.142 e. The van der Waals surface area contributed by atoms with Crippen molar-refractivity contribution in [2.75, 3.05) is 44.7 Å². The molecule has 0 bridgehead atoms. The number of β-amino-alcohol motifs (C(OH)–C–C–N with tert-alkyl or cyclic N) is 1. The Balaban J connectivity index is 1.56. The van der Waals surface area contributed by atoms with Crippen LogP contribution in [0.1, 0.15) is 11.7 Å². The number of aliphatic hydroxyl groups is 1. The summed E-state index contributed by atoms with van der Waals surface area (Å²) in [5.74, 6) is 0.605. The first-order valence-corrected chi connectivity index (χ1v) is 8.21. The number of anilines is 1. The number of hydrogen-bond donors (Lipinski definition) is 1. The molecule has 1 heterocycles. The van der Waals surface area contributed by atoms with E-state index in [9.17, 15) is 9.50 Å². The van der Waals surface area contributed by atoms with Crippen molar-refractivity contribution in [2.45, 2.75) is 6.10 Å². The number of aliphatic hydroxyl groups excluding tert-OH is 1. The lowest BCUT2D eigenvalue weighted by Gasteiger charge is -2.37. The van der Waals surface area contributed by atoms with Crippen LogP contribution in [0.3, 0.4) is 0 Å². The Morgan fingerprint density at radius 1 is 1.04 bits per heavy atom. The molecule has 1 N–H and O–H groups in total. The van der Waals surface area contributed by atoms with Crippen LogP contribution in [0.5, 0.6) is 5.75 Å². The topological polar surface area (TPSA) is 35.9 Å². The van der Waals surface area contributed by atoms with Crippen molar-refractivity contribution in [3.8, 4) is 5.75 Å². The van der Waals surface area contributed by atoms with Gasteiger partial charge in [-0.15, -0.1) is 0 Å². The molecule has 4 nitrogen and oxygen atoms in total. The van der Waals surface area contributed by atoms with Crippen molar-refractivity contribution in [3.63, 3.8) is 0 Å². The Morgan fingerprint density at radius 2 is 1.71 bits per heavy atom. The van der Waals surface area contributed by atoms with Crippen molar-refractivity contribution >= 4 is 5.69 Å². The van der Waals surface area contributed by atoms with Gasteiger partial charge in [-0.1, -0.05) is 24.3 Å². The quantitative estimate of drug-likeness (QED) is 0.914. The minimum atomic E-state index is -0.594. The Morgan fingerprint density at radius 3 is 2.38 bits per heavy atom. The van der Waals surface area contributed by atoms with Crippen LogP contribution in [0.4, 0.5) is 10.1 Å². The number of ether oxygens (including phenoxy) is 1. The highest BCUT2D eigenvalue weighted by molar-refractivity contribution is 5.58. The maximum atomic E-state index is 13.0. The van der Waals surface area contributed by atoms with Gasteiger partial charge in [0.05, 0.1) is 18.9 Å². The molecule has 2 aromatic rings. The van der Waals surface area contributed by atoms with E-state index < -0.39 is 6.10 Å². The standard InChI is InChI=1S/C19H23FN2O2/c1-24-19-5-3-2-4-17(19)22-12-10-21(11-13-22)14-18(23)15-6-8-16(20)9-7-15/h2-9,18,23H,10-14H2,1H3/t18-/m0/s1. The van der Waals surface area contributed by atoms with Crippen molar-refractivity contribution in [3.05, 3.63) is 59.9 Å². The maximum absolute atomic E-state index is 13.0. The molecule has 1 aliphatic rings. The van der Waals surface area contributed by atoms with Gasteiger partial charge in [0.25, 0.3) is 0 Å². The molecule has 0 saturated carbocycles. The highest BCUT2D eigenvalue weighted by atomic mass is 19.1. The number of benzene rings is 2. The summed E-state index contributed by atoms with van der Waals surface area (Å²) >= 11 is 0. The molecule has 3 rings (SSSR count). The first kappa shape index (κ1) is 16.7. The molecule has 2 aromatic carbocycles. The maximum Gasteiger partial charge on any atom is 0.142 e. The zero-order chi connectivity index (χ0) is 16.9. The van der Waals surface area contributed by atoms with Gasteiger partial charge >= 0.3 is 0 Å². The van der Waals surface area contributed by atoms with Crippen molar-refractivity contribution < 1.29 is 14.2 Å². The third-order valence-corrected chi connectivity index (χ3v) is 4.48. The average Bonchev–Trinajstić information content (AvgIpc) is 2.63. The summed E-state index contributed by atoms with van der Waals surface area (Å²) < 4.78 is 18.4. The summed E-state index contributed by atoms with van der Waals surface area (Å²) in [7, 11) is 1.69. The lowest BCUT2D eigenvalue weighted by molar-refractivity contribution is 0.109. The van der Waals surface area contributed by atoms with Crippen LogP contribution in [0.2, 0.25) is 0 Å². The van der Waals surface area contributed by atoms with Gasteiger partial charge < -0.3 is 14.7 Å². The van der Waals surface area contributed by atoms with Crippen LogP contribution in [-0.4, -0.2) is 49.8 Å². The normalized spacial score (nSPS) is 16.9. The molecule has 128 valence electrons. The SMILES string of the molecule is COc1ccccc1N1CCN(C[C@H](O)c2ccc(F)cc2)CC1. The van der Waals surface area contributed by atoms with E-state index in [1.807, 2.05) is 18.2 Å². The van der Waals surface area contributed by atoms with E-state index in [1.54, 1.807) is 19.2 Å². The van der Waals surface area contributed by atoms with Crippen molar-refractivity contribution in [2.24, 2.45) is 0 Å². The van der Waals surface area contributed by atoms with Gasteiger partial charge in [0.15, 0.2) is 0 Å². The van der Waals surface area contributed by atoms with E-state index in [-0.39, 0.29) is 5.82 Å². The predicted molar refractivity (Wildman–Crippen MR) is 93.0 cm³/mol. The van der Waals surface area contributed by atoms with E-state index in [4.69, 9.17) is 4.74 Å². The van der Waals surface area contributed by atoms with Crippen LogP contribution in [0.25, 0.3) is 0 Å². The average molecular weight is 330 g/mol. The van der Waals surface area contributed by atoms with Gasteiger partial charge in [-0.2, -0.15) is 0 Å². The van der Waals surface area contributed by atoms with E-state index in [2.05, 4.69) is 15.9 Å². The molecule has 1 fully saturated rings. The third kappa shape index (κ3) is 3.86. The molecule has 0 amide bonds. The van der Waals surface area contributed by atoms with Crippen LogP contribution in [0.15, 0.2) is 48.5 Å². The zero-order valence-electron chi connectivity index (χ0n) is 13.9. The minimum Gasteiger partial charge on any atom is -0.495 e. The lowest BCUT2D eigenvalue weighted by atomic mass is 10.1. The Kier molecular flexibility index (Phi) is 5.33. The molecular formula is C19H23FN2O2. The first-order chi connectivity index (χ1) is 11.7. The number of hydrogen-bond acceptors (Lipinski definition) is 4. The number of rotatable bonds is 5. The van der Waals surface area contributed by atoms with E-state index in [0.29, 0.717) is 6.54 Å². The van der Waals surface area contributed by atoms with E-state index in [0.717, 1.165) is 43.2 Å². The largest absolute Gasteiger partial charge is 0.495 e. The second kappa shape index (κ2) is 7.64. The summed E-state index contributed by atoms with van der Waals surface area (Å²) in [5, 5.41) is 10.3. The van der Waals surface area contributed by atoms with Gasteiger partial charge in [0, 0.05) is 32.7 Å². The molecule has 0 aliphatic carbocycles. The van der Waals surface area contributed by atoms with Crippen molar-refractivity contribution in [1.29, 1.82) is 0 Å². The van der Waals surface area contributed by atoms with Crippen molar-refractivity contribution in [1.82, 2.24) is 4.90 Å². The van der Waals surface area contributed by atoms with Gasteiger partial charge in [0.1, 0.15) is 11.6 Å². The van der Waals surface area contributed by atoms with E-state index in [1.165, 1.54) is 12.1 Å². The fourth-order valence-electron chi connectivity index (χ4n) is 3.10. The molecule has 0 radical (unpaired) electrons. The monoisotopic (exact) mass is 330 g/mol. The molecule has 0 aromatic heterocycles. The molecular weight excluding hydrogens is 307 g/mol. The molecule has 1 atom stereocenters. The summed E-state index contributed by atoms with van der Waals surface area (Å²) in [4.78, 5) is 4.54. The lowest BCUT2D eigenvalue weighted by Crippen LogP contribution is -2.47. The van der Waals surface area contributed by atoms with Crippen LogP contribution >= 0.6 is 0 Å². The molecule has 0 unspecified atom stereocenters. The van der Waals surface area contributed by atoms with Crippen LogP contribution in [0, 0.1) is 5.82 Å². The number of para-hydroxylation sites is 2. The Hall–Kier alpha value is -2.11. The molecule has 5 heteroatoms. The number of halogens is 1. The van der Waals surface area contributed by atoms with E-state index >= 15 is 0 Å². The van der Waals surface area contributed by atoms with Gasteiger partial charge in [-0.05, 0) is 29.8 Å². The molecule has 1 saturated heterocycles. The second-order valence-corrected chi connectivity index (χ2v) is 6.03. The summed E-state index contributed by atoms with van der Waals surface area (Å²) in [6.45, 7) is 4.07. The summed E-state index contributed by atoms with van der Waals surface area (Å²) in [5.41, 5.74) is 1.86. The fourth-order valence-corrected chi connectivity index (χ4v) is 3.10. The molecule has 24 heavy (non-hydrogen) atoms. The molecule has 0 spiro atoms.